The summed E-state index contributed by atoms with van der Waals surface area (Å²) in [6.07, 6.45) is 0. The highest BCUT2D eigenvalue weighted by molar-refractivity contribution is 6.40. The van der Waals surface area contributed by atoms with E-state index in [1.807, 2.05) is 0 Å². The molecule has 88 valence electrons. The van der Waals surface area contributed by atoms with Crippen molar-refractivity contribution in [3.8, 4) is 0 Å². The first-order valence-corrected chi connectivity index (χ1v) is 5.12. The van der Waals surface area contributed by atoms with E-state index in [4.69, 9.17) is 0 Å². The first-order valence-electron chi connectivity index (χ1n) is 5.12. The van der Waals surface area contributed by atoms with Crippen LogP contribution in [-0.2, 0) is 9.53 Å². The Morgan fingerprint density at radius 2 is 2.18 bits per heavy atom. The molecule has 0 saturated carbocycles. The zero-order chi connectivity index (χ0) is 12.4. The molecule has 2 rings (SSSR count). The number of halogens is 1. The number of rotatable bonds is 3. The van der Waals surface area contributed by atoms with Crippen LogP contribution in [0.1, 0.15) is 17.4 Å². The molecule has 0 radical (unpaired) electrons. The van der Waals surface area contributed by atoms with Crippen molar-refractivity contribution in [3.63, 3.8) is 0 Å². The van der Waals surface area contributed by atoms with Gasteiger partial charge in [-0.1, -0.05) is 6.07 Å². The maximum Gasteiger partial charge on any atom is 0.381 e. The van der Waals surface area contributed by atoms with Gasteiger partial charge in [0.1, 0.15) is 5.82 Å². The lowest BCUT2D eigenvalue weighted by atomic mass is 10.2. The maximum atomic E-state index is 13.4. The third-order valence-corrected chi connectivity index (χ3v) is 2.32. The fourth-order valence-corrected chi connectivity index (χ4v) is 1.55. The highest BCUT2D eigenvalue weighted by Crippen LogP contribution is 2.19. The number of hydrogen-bond donors (Lipinski definition) is 1. The summed E-state index contributed by atoms with van der Waals surface area (Å²) >= 11 is 0. The minimum atomic E-state index is -0.945. The molecule has 0 atom stereocenters. The zero-order valence-electron chi connectivity index (χ0n) is 9.12. The Hall–Kier alpha value is -2.17. The van der Waals surface area contributed by atoms with Gasteiger partial charge >= 0.3 is 5.97 Å². The van der Waals surface area contributed by atoms with Crippen molar-refractivity contribution in [2.75, 3.05) is 6.61 Å². The Bertz CT molecular complexity index is 588. The lowest BCUT2D eigenvalue weighted by Crippen LogP contribution is -2.17. The fourth-order valence-electron chi connectivity index (χ4n) is 1.55. The molecule has 0 saturated heterocycles. The van der Waals surface area contributed by atoms with Crippen molar-refractivity contribution >= 4 is 22.7 Å². The highest BCUT2D eigenvalue weighted by atomic mass is 19.1. The summed E-state index contributed by atoms with van der Waals surface area (Å²) < 4.78 is 17.9. The minimum Gasteiger partial charge on any atom is -0.460 e. The molecule has 1 aromatic heterocycles. The molecule has 0 bridgehead atoms. The van der Waals surface area contributed by atoms with Crippen LogP contribution in [0, 0.1) is 5.82 Å². The number of nitrogens with one attached hydrogen (secondary N) is 1. The molecule has 4 nitrogen and oxygen atoms in total. The summed E-state index contributed by atoms with van der Waals surface area (Å²) in [4.78, 5) is 25.5. The topological polar surface area (TPSA) is 59.2 Å². The molecule has 1 N–H and O–H groups in total. The quantitative estimate of drug-likeness (QED) is 0.503. The fraction of sp³-hybridized carbons (Fsp3) is 0.167. The van der Waals surface area contributed by atoms with Crippen LogP contribution in [-0.4, -0.2) is 23.3 Å². The van der Waals surface area contributed by atoms with Crippen LogP contribution in [0.2, 0.25) is 0 Å². The molecule has 1 heterocycles. The number of ether oxygens (including phenoxy) is 1. The van der Waals surface area contributed by atoms with E-state index < -0.39 is 17.6 Å². The molecule has 0 fully saturated rings. The summed E-state index contributed by atoms with van der Waals surface area (Å²) in [6, 6.07) is 5.74. The smallest absolute Gasteiger partial charge is 0.381 e. The summed E-state index contributed by atoms with van der Waals surface area (Å²) in [7, 11) is 0. The number of carbonyl (C=O) groups excluding carboxylic acids is 2. The Kier molecular flexibility index (Phi) is 2.91. The van der Waals surface area contributed by atoms with Crippen LogP contribution >= 0.6 is 0 Å². The number of Topliss-reactive ketones (excluding diaryl/α,β-unsaturated/α-hetero) is 1. The largest absolute Gasteiger partial charge is 0.460 e. The van der Waals surface area contributed by atoms with Crippen molar-refractivity contribution in [1.29, 1.82) is 0 Å². The molecule has 5 heteroatoms. The second-order valence-electron chi connectivity index (χ2n) is 3.43. The number of fused-ring (bicyclic) bond motifs is 1. The standard InChI is InChI=1S/C12H10FNO3/c1-2-17-12(16)11(15)10-6-7-8(13)4-3-5-9(7)14-10/h3-6,14H,2H2,1H3. The molecule has 0 unspecified atom stereocenters. The van der Waals surface area contributed by atoms with Crippen LogP contribution in [0.15, 0.2) is 24.3 Å². The zero-order valence-corrected chi connectivity index (χ0v) is 9.12. The van der Waals surface area contributed by atoms with Crippen molar-refractivity contribution in [1.82, 2.24) is 4.98 Å². The van der Waals surface area contributed by atoms with Crippen molar-refractivity contribution in [2.45, 2.75) is 6.92 Å². The highest BCUT2D eigenvalue weighted by Gasteiger charge is 2.20. The van der Waals surface area contributed by atoms with E-state index in [-0.39, 0.29) is 17.7 Å². The van der Waals surface area contributed by atoms with Gasteiger partial charge in [0, 0.05) is 10.9 Å². The summed E-state index contributed by atoms with van der Waals surface area (Å²) in [5.41, 5.74) is 0.501. The molecular weight excluding hydrogens is 225 g/mol. The lowest BCUT2D eigenvalue weighted by molar-refractivity contribution is -0.137. The van der Waals surface area contributed by atoms with Gasteiger partial charge in [-0.3, -0.25) is 4.79 Å². The van der Waals surface area contributed by atoms with Gasteiger partial charge in [0.2, 0.25) is 0 Å². The summed E-state index contributed by atoms with van der Waals surface area (Å²) in [6.45, 7) is 1.73. The van der Waals surface area contributed by atoms with Gasteiger partial charge in [-0.15, -0.1) is 0 Å². The molecule has 1 aromatic carbocycles. The van der Waals surface area contributed by atoms with Gasteiger partial charge in [-0.25, -0.2) is 9.18 Å². The van der Waals surface area contributed by atoms with Gasteiger partial charge in [0.05, 0.1) is 12.3 Å². The minimum absolute atomic E-state index is 0.0311. The number of esters is 1. The maximum absolute atomic E-state index is 13.4. The second-order valence-corrected chi connectivity index (χ2v) is 3.43. The number of aromatic amines is 1. The van der Waals surface area contributed by atoms with E-state index in [0.29, 0.717) is 5.52 Å². The first-order chi connectivity index (χ1) is 8.13. The molecule has 0 aliphatic heterocycles. The van der Waals surface area contributed by atoms with Crippen LogP contribution in [0.25, 0.3) is 10.9 Å². The van der Waals surface area contributed by atoms with E-state index in [1.54, 1.807) is 13.0 Å². The van der Waals surface area contributed by atoms with Gasteiger partial charge in [-0.05, 0) is 25.1 Å². The number of aromatic nitrogens is 1. The monoisotopic (exact) mass is 235 g/mol. The van der Waals surface area contributed by atoms with Crippen LogP contribution in [0.3, 0.4) is 0 Å². The Morgan fingerprint density at radius 1 is 1.41 bits per heavy atom. The molecule has 17 heavy (non-hydrogen) atoms. The average molecular weight is 235 g/mol. The average Bonchev–Trinajstić information content (AvgIpc) is 2.73. The number of hydrogen-bond acceptors (Lipinski definition) is 3. The second kappa shape index (κ2) is 4.37. The lowest BCUT2D eigenvalue weighted by Gasteiger charge is -1.97. The summed E-state index contributed by atoms with van der Waals surface area (Å²) in [5, 5.41) is 0.278. The first kappa shape index (κ1) is 11.3. The molecule has 0 amide bonds. The van der Waals surface area contributed by atoms with Crippen LogP contribution in [0.5, 0.6) is 0 Å². The number of benzene rings is 1. The Labute approximate surface area is 96.4 Å². The number of ketones is 1. The van der Waals surface area contributed by atoms with Gasteiger partial charge in [0.25, 0.3) is 5.78 Å². The van der Waals surface area contributed by atoms with Crippen molar-refractivity contribution < 1.29 is 18.7 Å². The van der Waals surface area contributed by atoms with Crippen LogP contribution < -0.4 is 0 Å². The number of carbonyl (C=O) groups is 2. The van der Waals surface area contributed by atoms with E-state index in [0.717, 1.165) is 0 Å². The van der Waals surface area contributed by atoms with E-state index in [1.165, 1.54) is 18.2 Å². The third-order valence-electron chi connectivity index (χ3n) is 2.32. The van der Waals surface area contributed by atoms with E-state index in [2.05, 4.69) is 9.72 Å². The normalized spacial score (nSPS) is 10.5. The van der Waals surface area contributed by atoms with Gasteiger partial charge in [0.15, 0.2) is 0 Å². The SMILES string of the molecule is CCOC(=O)C(=O)c1cc2c(F)cccc2[nH]1. The molecule has 0 aliphatic rings. The Balaban J connectivity index is 2.40. The van der Waals surface area contributed by atoms with E-state index in [9.17, 15) is 14.0 Å². The predicted molar refractivity (Wildman–Crippen MR) is 59.2 cm³/mol. The molecule has 0 spiro atoms. The van der Waals surface area contributed by atoms with E-state index >= 15 is 0 Å². The third kappa shape index (κ3) is 2.04. The number of H-pyrrole nitrogens is 1. The molecular formula is C12H10FNO3. The van der Waals surface area contributed by atoms with Crippen LogP contribution in [0.4, 0.5) is 4.39 Å². The predicted octanol–water partition coefficient (Wildman–Crippen LogP) is 2.05. The summed E-state index contributed by atoms with van der Waals surface area (Å²) in [5.74, 6) is -2.19. The Morgan fingerprint density at radius 3 is 2.82 bits per heavy atom. The van der Waals surface area contributed by atoms with Crippen molar-refractivity contribution in [2.24, 2.45) is 0 Å². The van der Waals surface area contributed by atoms with Gasteiger partial charge < -0.3 is 9.72 Å². The van der Waals surface area contributed by atoms with Crippen molar-refractivity contribution in [3.05, 3.63) is 35.8 Å². The molecule has 2 aromatic rings. The van der Waals surface area contributed by atoms with Gasteiger partial charge in [-0.2, -0.15) is 0 Å². The molecule has 0 aliphatic carbocycles.